The molecule has 50 valence electrons. The maximum atomic E-state index is 5.13. The summed E-state index contributed by atoms with van der Waals surface area (Å²) in [6, 6.07) is 0.565. The number of hydrogen-bond acceptors (Lipinski definition) is 2. The van der Waals surface area contributed by atoms with Crippen LogP contribution in [0, 0.1) is 0 Å². The van der Waals surface area contributed by atoms with Gasteiger partial charge in [0.15, 0.2) is 0 Å². The Hall–Kier alpha value is -0.310. The van der Waals surface area contributed by atoms with Crippen LogP contribution in [0.5, 0.6) is 0 Å². The molecule has 0 aromatic heterocycles. The van der Waals surface area contributed by atoms with Crippen LogP contribution in [0.2, 0.25) is 0 Å². The lowest BCUT2D eigenvalue weighted by atomic mass is 10.6. The van der Waals surface area contributed by atoms with E-state index in [9.17, 15) is 0 Å². The lowest BCUT2D eigenvalue weighted by Gasteiger charge is -1.85. The molecular formula is C6H9BrN2. The Morgan fingerprint density at radius 2 is 2.33 bits per heavy atom. The van der Waals surface area contributed by atoms with Gasteiger partial charge in [-0.2, -0.15) is 0 Å². The van der Waals surface area contributed by atoms with Crippen molar-refractivity contribution in [3.05, 3.63) is 12.3 Å². The van der Waals surface area contributed by atoms with E-state index < -0.39 is 0 Å². The van der Waals surface area contributed by atoms with Crippen LogP contribution in [0.15, 0.2) is 17.3 Å². The van der Waals surface area contributed by atoms with Gasteiger partial charge in [0, 0.05) is 0 Å². The number of nitrogens with two attached hydrogens (primary N) is 1. The van der Waals surface area contributed by atoms with Crippen LogP contribution in [0.4, 0.5) is 0 Å². The Labute approximate surface area is 63.0 Å². The summed E-state index contributed by atoms with van der Waals surface area (Å²) in [4.78, 5) is 4.24. The average Bonchev–Trinajstić information content (AvgIpc) is 2.50. The highest BCUT2D eigenvalue weighted by molar-refractivity contribution is 9.18. The molecule has 0 atom stereocenters. The molecule has 0 radical (unpaired) electrons. The lowest BCUT2D eigenvalue weighted by Crippen LogP contribution is -1.85. The molecule has 0 aliphatic heterocycles. The second-order valence-corrected chi connectivity index (χ2v) is 2.85. The van der Waals surface area contributed by atoms with Crippen LogP contribution in [-0.2, 0) is 0 Å². The minimum absolute atomic E-state index is 0.565. The molecule has 1 saturated carbocycles. The predicted molar refractivity (Wildman–Crippen MR) is 42.7 cm³/mol. The van der Waals surface area contributed by atoms with Crippen molar-refractivity contribution in [3.63, 3.8) is 0 Å². The quantitative estimate of drug-likeness (QED) is 0.655. The second kappa shape index (κ2) is 3.01. The maximum absolute atomic E-state index is 5.13. The summed E-state index contributed by atoms with van der Waals surface area (Å²) in [7, 11) is 0. The first-order valence-electron chi connectivity index (χ1n) is 2.94. The smallest absolute Gasteiger partial charge is 0.102 e. The molecule has 0 amide bonds. The van der Waals surface area contributed by atoms with Gasteiger partial charge in [0.25, 0.3) is 0 Å². The zero-order chi connectivity index (χ0) is 6.69. The van der Waals surface area contributed by atoms with Crippen LogP contribution >= 0.6 is 15.9 Å². The zero-order valence-corrected chi connectivity index (χ0v) is 6.63. The summed E-state index contributed by atoms with van der Waals surface area (Å²) in [5.41, 5.74) is 5.13. The fourth-order valence-electron chi connectivity index (χ4n) is 0.500. The zero-order valence-electron chi connectivity index (χ0n) is 5.05. The maximum Gasteiger partial charge on any atom is 0.102 e. The monoisotopic (exact) mass is 188 g/mol. The number of aliphatic imine (C=N–C) groups is 1. The minimum Gasteiger partial charge on any atom is -0.405 e. The van der Waals surface area contributed by atoms with Crippen LogP contribution in [-0.4, -0.2) is 10.7 Å². The first-order chi connectivity index (χ1) is 4.33. The number of rotatable bonds is 2. The number of hydrogen-bond donors (Lipinski definition) is 1. The highest BCUT2D eigenvalue weighted by Crippen LogP contribution is 2.24. The molecule has 0 aromatic rings. The molecule has 1 fully saturated rings. The largest absolute Gasteiger partial charge is 0.405 e. The van der Waals surface area contributed by atoms with Crippen molar-refractivity contribution in [1.29, 1.82) is 0 Å². The van der Waals surface area contributed by atoms with Crippen molar-refractivity contribution in [2.24, 2.45) is 10.7 Å². The normalized spacial score (nSPS) is 21.2. The Balaban J connectivity index is 2.37. The van der Waals surface area contributed by atoms with E-state index in [1.54, 1.807) is 6.08 Å². The van der Waals surface area contributed by atoms with Gasteiger partial charge in [-0.3, -0.25) is 4.99 Å². The molecule has 0 saturated heterocycles. The van der Waals surface area contributed by atoms with Crippen molar-refractivity contribution >= 4 is 20.6 Å². The van der Waals surface area contributed by atoms with Gasteiger partial charge in [0.1, 0.15) is 4.62 Å². The van der Waals surface area contributed by atoms with Crippen molar-refractivity contribution in [2.45, 2.75) is 18.9 Å². The van der Waals surface area contributed by atoms with E-state index >= 15 is 0 Å². The van der Waals surface area contributed by atoms with Crippen LogP contribution in [0.1, 0.15) is 12.8 Å². The fraction of sp³-hybridized carbons (Fsp3) is 0.500. The van der Waals surface area contributed by atoms with E-state index in [0.29, 0.717) is 6.04 Å². The molecule has 0 spiro atoms. The summed E-state index contributed by atoms with van der Waals surface area (Å²) in [6.07, 6.45) is 5.69. The van der Waals surface area contributed by atoms with Crippen LogP contribution in [0.25, 0.3) is 0 Å². The highest BCUT2D eigenvalue weighted by atomic mass is 79.9. The van der Waals surface area contributed by atoms with Gasteiger partial charge in [-0.15, -0.1) is 0 Å². The van der Waals surface area contributed by atoms with Gasteiger partial charge in [-0.05, 0) is 41.0 Å². The van der Waals surface area contributed by atoms with Crippen molar-refractivity contribution < 1.29 is 0 Å². The highest BCUT2D eigenvalue weighted by Gasteiger charge is 2.19. The second-order valence-electron chi connectivity index (χ2n) is 2.04. The van der Waals surface area contributed by atoms with Crippen LogP contribution in [0.3, 0.4) is 0 Å². The van der Waals surface area contributed by atoms with Gasteiger partial charge >= 0.3 is 0 Å². The van der Waals surface area contributed by atoms with E-state index in [0.717, 1.165) is 4.62 Å². The summed E-state index contributed by atoms with van der Waals surface area (Å²) in [6.45, 7) is 0. The molecule has 0 bridgehead atoms. The molecule has 1 rings (SSSR count). The number of halogens is 1. The third-order valence-electron chi connectivity index (χ3n) is 1.09. The van der Waals surface area contributed by atoms with Gasteiger partial charge < -0.3 is 5.73 Å². The average molecular weight is 189 g/mol. The third kappa shape index (κ3) is 2.65. The SMILES string of the molecule is N/C=C\C(Br)=NC1CC1. The third-order valence-corrected chi connectivity index (χ3v) is 1.56. The van der Waals surface area contributed by atoms with Gasteiger partial charge in [0.05, 0.1) is 6.04 Å². The van der Waals surface area contributed by atoms with Gasteiger partial charge in [-0.25, -0.2) is 0 Å². The van der Waals surface area contributed by atoms with Crippen molar-refractivity contribution in [3.8, 4) is 0 Å². The van der Waals surface area contributed by atoms with E-state index in [-0.39, 0.29) is 0 Å². The molecule has 2 N–H and O–H groups in total. The minimum atomic E-state index is 0.565. The van der Waals surface area contributed by atoms with E-state index in [4.69, 9.17) is 5.73 Å². The molecule has 1 aliphatic carbocycles. The summed E-state index contributed by atoms with van der Waals surface area (Å²) in [5, 5.41) is 0. The molecule has 0 heterocycles. The standard InChI is InChI=1S/C6H9BrN2/c7-6(3-4-8)9-5-1-2-5/h3-5H,1-2,8H2/b4-3-,9-6?. The topological polar surface area (TPSA) is 38.4 Å². The first kappa shape index (κ1) is 6.81. The first-order valence-corrected chi connectivity index (χ1v) is 3.74. The Morgan fingerprint density at radius 3 is 2.78 bits per heavy atom. The van der Waals surface area contributed by atoms with Crippen LogP contribution < -0.4 is 5.73 Å². The Bertz CT molecular complexity index is 147. The molecule has 3 heteroatoms. The molecular weight excluding hydrogens is 180 g/mol. The summed E-state index contributed by atoms with van der Waals surface area (Å²) in [5.74, 6) is 0. The van der Waals surface area contributed by atoms with Crippen molar-refractivity contribution in [2.75, 3.05) is 0 Å². The van der Waals surface area contributed by atoms with Crippen molar-refractivity contribution in [1.82, 2.24) is 0 Å². The van der Waals surface area contributed by atoms with E-state index in [1.165, 1.54) is 19.0 Å². The summed E-state index contributed by atoms with van der Waals surface area (Å²) >= 11 is 3.26. The molecule has 0 unspecified atom stereocenters. The Kier molecular flexibility index (Phi) is 2.28. The molecule has 0 aromatic carbocycles. The fourth-order valence-corrected chi connectivity index (χ4v) is 0.943. The lowest BCUT2D eigenvalue weighted by molar-refractivity contribution is 1.08. The summed E-state index contributed by atoms with van der Waals surface area (Å²) < 4.78 is 0.854. The molecule has 2 nitrogen and oxygen atoms in total. The van der Waals surface area contributed by atoms with E-state index in [1.807, 2.05) is 0 Å². The number of nitrogens with zero attached hydrogens (tertiary/aromatic N) is 1. The number of allylic oxidation sites excluding steroid dienone is 1. The van der Waals surface area contributed by atoms with Gasteiger partial charge in [0.2, 0.25) is 0 Å². The predicted octanol–water partition coefficient (Wildman–Crippen LogP) is 1.41. The van der Waals surface area contributed by atoms with Gasteiger partial charge in [-0.1, -0.05) is 0 Å². The Morgan fingerprint density at radius 1 is 1.67 bits per heavy atom. The molecule has 9 heavy (non-hydrogen) atoms. The molecule has 1 aliphatic rings. The van der Waals surface area contributed by atoms with E-state index in [2.05, 4.69) is 20.9 Å².